The van der Waals surface area contributed by atoms with Crippen LogP contribution in [0.5, 0.6) is 11.5 Å². The van der Waals surface area contributed by atoms with Crippen LogP contribution in [0.2, 0.25) is 0 Å². The molecule has 22 heavy (non-hydrogen) atoms. The SMILES string of the molecule is CN1CCc2cc(N)cc3c2C1Cc1ccc2c(c1-3)OCO2. The van der Waals surface area contributed by atoms with Crippen LogP contribution in [0.15, 0.2) is 24.3 Å². The summed E-state index contributed by atoms with van der Waals surface area (Å²) in [6.07, 6.45) is 2.08. The van der Waals surface area contributed by atoms with E-state index in [1.54, 1.807) is 0 Å². The molecule has 1 aliphatic carbocycles. The molecule has 5 rings (SSSR count). The Morgan fingerprint density at radius 2 is 2.09 bits per heavy atom. The molecule has 0 saturated carbocycles. The molecule has 0 bridgehead atoms. The van der Waals surface area contributed by atoms with Gasteiger partial charge in [0.05, 0.1) is 0 Å². The van der Waals surface area contributed by atoms with Gasteiger partial charge in [0.1, 0.15) is 0 Å². The van der Waals surface area contributed by atoms with E-state index in [1.807, 2.05) is 6.07 Å². The van der Waals surface area contributed by atoms with Gasteiger partial charge in [-0.2, -0.15) is 0 Å². The summed E-state index contributed by atoms with van der Waals surface area (Å²) in [6.45, 7) is 1.39. The molecule has 2 N–H and O–H groups in total. The predicted molar refractivity (Wildman–Crippen MR) is 85.2 cm³/mol. The molecular formula is C18H18N2O2. The molecule has 112 valence electrons. The maximum absolute atomic E-state index is 6.18. The van der Waals surface area contributed by atoms with Crippen LogP contribution >= 0.6 is 0 Å². The van der Waals surface area contributed by atoms with Gasteiger partial charge in [-0.25, -0.2) is 0 Å². The molecule has 0 aromatic heterocycles. The van der Waals surface area contributed by atoms with Gasteiger partial charge in [0.25, 0.3) is 0 Å². The summed E-state index contributed by atoms with van der Waals surface area (Å²) < 4.78 is 11.3. The summed E-state index contributed by atoms with van der Waals surface area (Å²) in [5.74, 6) is 1.73. The zero-order chi connectivity index (χ0) is 14.8. The van der Waals surface area contributed by atoms with Crippen LogP contribution in [-0.2, 0) is 12.8 Å². The molecule has 2 heterocycles. The summed E-state index contributed by atoms with van der Waals surface area (Å²) in [5.41, 5.74) is 13.6. The van der Waals surface area contributed by atoms with Crippen molar-refractivity contribution in [3.05, 3.63) is 41.0 Å². The first kappa shape index (κ1) is 12.4. The molecule has 0 fully saturated rings. The highest BCUT2D eigenvalue weighted by Gasteiger charge is 2.36. The molecule has 0 spiro atoms. The van der Waals surface area contributed by atoms with Gasteiger partial charge in [-0.05, 0) is 60.3 Å². The van der Waals surface area contributed by atoms with Crippen molar-refractivity contribution in [3.8, 4) is 22.6 Å². The van der Waals surface area contributed by atoms with Gasteiger partial charge < -0.3 is 15.2 Å². The van der Waals surface area contributed by atoms with Gasteiger partial charge in [-0.1, -0.05) is 6.07 Å². The van der Waals surface area contributed by atoms with Crippen LogP contribution < -0.4 is 15.2 Å². The van der Waals surface area contributed by atoms with E-state index < -0.39 is 0 Å². The number of nitrogens with two attached hydrogens (primary N) is 1. The highest BCUT2D eigenvalue weighted by molar-refractivity contribution is 5.85. The third kappa shape index (κ3) is 1.50. The number of nitrogens with zero attached hydrogens (tertiary/aromatic N) is 1. The van der Waals surface area contributed by atoms with Crippen molar-refractivity contribution in [2.75, 3.05) is 26.1 Å². The fraction of sp³-hybridized carbons (Fsp3) is 0.333. The highest BCUT2D eigenvalue weighted by Crippen LogP contribution is 2.52. The Kier molecular flexibility index (Phi) is 2.34. The lowest BCUT2D eigenvalue weighted by atomic mass is 9.76. The first-order valence-electron chi connectivity index (χ1n) is 7.77. The van der Waals surface area contributed by atoms with Crippen molar-refractivity contribution < 1.29 is 9.47 Å². The van der Waals surface area contributed by atoms with Crippen LogP contribution in [0.1, 0.15) is 22.7 Å². The number of hydrogen-bond donors (Lipinski definition) is 1. The molecule has 3 aliphatic rings. The molecule has 0 amide bonds. The van der Waals surface area contributed by atoms with Crippen molar-refractivity contribution in [1.29, 1.82) is 0 Å². The maximum Gasteiger partial charge on any atom is 0.231 e. The Morgan fingerprint density at radius 1 is 1.18 bits per heavy atom. The standard InChI is InChI=1S/C18H18N2O2/c1-20-5-4-11-6-12(19)8-13-16(11)14(20)7-10-2-3-15-18(17(10)13)22-9-21-15/h2-3,6,8,14H,4-5,7,9,19H2,1H3. The number of nitrogen functional groups attached to an aromatic ring is 1. The minimum Gasteiger partial charge on any atom is -0.454 e. The second kappa shape index (κ2) is 4.17. The Hall–Kier alpha value is -2.20. The van der Waals surface area contributed by atoms with Gasteiger partial charge in [-0.15, -0.1) is 0 Å². The lowest BCUT2D eigenvalue weighted by molar-refractivity contribution is 0.174. The Labute approximate surface area is 129 Å². The molecule has 4 heteroatoms. The van der Waals surface area contributed by atoms with E-state index in [0.29, 0.717) is 12.8 Å². The van der Waals surface area contributed by atoms with Gasteiger partial charge in [0.15, 0.2) is 11.5 Å². The van der Waals surface area contributed by atoms with Crippen molar-refractivity contribution in [3.63, 3.8) is 0 Å². The number of anilines is 1. The summed E-state index contributed by atoms with van der Waals surface area (Å²) in [4.78, 5) is 2.45. The molecule has 1 unspecified atom stereocenters. The first-order chi connectivity index (χ1) is 10.7. The summed E-state index contributed by atoms with van der Waals surface area (Å²) in [5, 5.41) is 0. The zero-order valence-corrected chi connectivity index (χ0v) is 12.6. The van der Waals surface area contributed by atoms with Gasteiger partial charge in [-0.3, -0.25) is 4.90 Å². The fourth-order valence-electron chi connectivity index (χ4n) is 4.16. The molecule has 0 saturated heterocycles. The minimum atomic E-state index is 0.305. The molecule has 2 aromatic carbocycles. The first-order valence-corrected chi connectivity index (χ1v) is 7.77. The molecular weight excluding hydrogens is 276 g/mol. The molecule has 0 radical (unpaired) electrons. The van der Waals surface area contributed by atoms with Gasteiger partial charge in [0.2, 0.25) is 6.79 Å². The van der Waals surface area contributed by atoms with Crippen molar-refractivity contribution in [1.82, 2.24) is 4.90 Å². The average Bonchev–Trinajstić information content (AvgIpc) is 2.98. The van der Waals surface area contributed by atoms with Crippen LogP contribution in [0, 0.1) is 0 Å². The largest absolute Gasteiger partial charge is 0.454 e. The number of rotatable bonds is 0. The Bertz CT molecular complexity index is 800. The quantitative estimate of drug-likeness (QED) is 0.759. The fourth-order valence-corrected chi connectivity index (χ4v) is 4.16. The third-order valence-electron chi connectivity index (χ3n) is 5.20. The number of ether oxygens (including phenoxy) is 2. The third-order valence-corrected chi connectivity index (χ3v) is 5.20. The normalized spacial score (nSPS) is 21.4. The van der Waals surface area contributed by atoms with Gasteiger partial charge in [0, 0.05) is 23.8 Å². The lowest BCUT2D eigenvalue weighted by Gasteiger charge is -2.40. The average molecular weight is 294 g/mol. The zero-order valence-electron chi connectivity index (χ0n) is 12.6. The second-order valence-corrected chi connectivity index (χ2v) is 6.43. The van der Waals surface area contributed by atoms with E-state index in [2.05, 4.69) is 30.1 Å². The van der Waals surface area contributed by atoms with Crippen LogP contribution in [0.4, 0.5) is 5.69 Å². The highest BCUT2D eigenvalue weighted by atomic mass is 16.7. The van der Waals surface area contributed by atoms with Crippen LogP contribution in [0.25, 0.3) is 11.1 Å². The number of benzene rings is 2. The number of likely N-dealkylation sites (N-methyl/N-ethyl adjacent to an activating group) is 1. The number of fused-ring (bicyclic) bond motifs is 4. The van der Waals surface area contributed by atoms with E-state index in [1.165, 1.54) is 27.8 Å². The topological polar surface area (TPSA) is 47.7 Å². The summed E-state index contributed by atoms with van der Waals surface area (Å²) in [7, 11) is 2.21. The van der Waals surface area contributed by atoms with E-state index in [-0.39, 0.29) is 0 Å². The predicted octanol–water partition coefficient (Wildman–Crippen LogP) is 2.75. The van der Waals surface area contributed by atoms with Crippen molar-refractivity contribution in [2.24, 2.45) is 0 Å². The Morgan fingerprint density at radius 3 is 3.00 bits per heavy atom. The smallest absolute Gasteiger partial charge is 0.231 e. The van der Waals surface area contributed by atoms with Crippen molar-refractivity contribution in [2.45, 2.75) is 18.9 Å². The van der Waals surface area contributed by atoms with Crippen molar-refractivity contribution >= 4 is 5.69 Å². The van der Waals surface area contributed by atoms with Crippen LogP contribution in [0.3, 0.4) is 0 Å². The lowest BCUT2D eigenvalue weighted by Crippen LogP contribution is -2.35. The second-order valence-electron chi connectivity index (χ2n) is 6.43. The van der Waals surface area contributed by atoms with Gasteiger partial charge >= 0.3 is 0 Å². The summed E-state index contributed by atoms with van der Waals surface area (Å²) >= 11 is 0. The number of hydrogen-bond acceptors (Lipinski definition) is 4. The molecule has 4 nitrogen and oxygen atoms in total. The molecule has 1 atom stereocenters. The molecule has 2 aliphatic heterocycles. The minimum absolute atomic E-state index is 0.305. The Balaban J connectivity index is 1.85. The van der Waals surface area contributed by atoms with E-state index in [4.69, 9.17) is 15.2 Å². The van der Waals surface area contributed by atoms with E-state index >= 15 is 0 Å². The summed E-state index contributed by atoms with van der Waals surface area (Å²) in [6, 6.07) is 8.89. The maximum atomic E-state index is 6.18. The van der Waals surface area contributed by atoms with E-state index in [0.717, 1.165) is 36.6 Å². The van der Waals surface area contributed by atoms with Crippen LogP contribution in [-0.4, -0.2) is 25.3 Å². The van der Waals surface area contributed by atoms with E-state index in [9.17, 15) is 0 Å². The molecule has 2 aromatic rings. The monoisotopic (exact) mass is 294 g/mol.